The fraction of sp³-hybridized carbons (Fsp3) is 0.278. The van der Waals surface area contributed by atoms with Crippen LogP contribution in [0.3, 0.4) is 0 Å². The van der Waals surface area contributed by atoms with Gasteiger partial charge in [0.2, 0.25) is 0 Å². The van der Waals surface area contributed by atoms with Crippen molar-refractivity contribution in [3.05, 3.63) is 63.9 Å². The Labute approximate surface area is 143 Å². The largest absolute Gasteiger partial charge is 0.368 e. The molecule has 1 amide bonds. The van der Waals surface area contributed by atoms with Gasteiger partial charge in [-0.05, 0) is 42.8 Å². The number of aryl methyl sites for hydroxylation is 1. The molecule has 0 aliphatic carbocycles. The van der Waals surface area contributed by atoms with Crippen molar-refractivity contribution in [2.75, 3.05) is 31.1 Å². The monoisotopic (exact) mass is 376 g/mol. The van der Waals surface area contributed by atoms with Crippen molar-refractivity contribution < 1.29 is 9.18 Å². The average molecular weight is 377 g/mol. The summed E-state index contributed by atoms with van der Waals surface area (Å²) < 4.78 is 14.4. The van der Waals surface area contributed by atoms with E-state index in [4.69, 9.17) is 0 Å². The molecule has 3 nitrogen and oxygen atoms in total. The number of carbonyl (C=O) groups excluding carboxylic acids is 1. The molecule has 5 heteroatoms. The van der Waals surface area contributed by atoms with E-state index in [0.717, 1.165) is 23.2 Å². The van der Waals surface area contributed by atoms with Gasteiger partial charge in [0.25, 0.3) is 5.91 Å². The van der Waals surface area contributed by atoms with Crippen LogP contribution in [0.2, 0.25) is 0 Å². The van der Waals surface area contributed by atoms with Crippen LogP contribution in [0.4, 0.5) is 10.1 Å². The maximum absolute atomic E-state index is 13.3. The molecule has 1 aliphatic rings. The fourth-order valence-electron chi connectivity index (χ4n) is 2.75. The van der Waals surface area contributed by atoms with E-state index < -0.39 is 0 Å². The first-order valence-corrected chi connectivity index (χ1v) is 8.40. The molecule has 1 fully saturated rings. The van der Waals surface area contributed by atoms with Crippen LogP contribution in [0.5, 0.6) is 0 Å². The predicted octanol–water partition coefficient (Wildman–Crippen LogP) is 3.86. The summed E-state index contributed by atoms with van der Waals surface area (Å²) in [5.74, 6) is -0.478. The second-order valence-electron chi connectivity index (χ2n) is 5.72. The Hall–Kier alpha value is -1.88. The zero-order valence-corrected chi connectivity index (χ0v) is 14.5. The molecule has 0 aromatic heterocycles. The number of amides is 1. The van der Waals surface area contributed by atoms with Crippen LogP contribution in [-0.4, -0.2) is 37.0 Å². The van der Waals surface area contributed by atoms with Crippen LogP contribution in [0.1, 0.15) is 15.9 Å². The zero-order chi connectivity index (χ0) is 16.4. The summed E-state index contributed by atoms with van der Waals surface area (Å²) in [5, 5.41) is 0. The lowest BCUT2D eigenvalue weighted by molar-refractivity contribution is 0.0746. The number of anilines is 1. The average Bonchev–Trinajstić information content (AvgIpc) is 2.57. The van der Waals surface area contributed by atoms with Gasteiger partial charge in [0, 0.05) is 41.9 Å². The Morgan fingerprint density at radius 2 is 1.83 bits per heavy atom. The van der Waals surface area contributed by atoms with Crippen LogP contribution in [0.25, 0.3) is 0 Å². The van der Waals surface area contributed by atoms with Gasteiger partial charge < -0.3 is 9.80 Å². The second-order valence-corrected chi connectivity index (χ2v) is 6.58. The molecule has 0 N–H and O–H groups in total. The smallest absolute Gasteiger partial charge is 0.254 e. The van der Waals surface area contributed by atoms with Crippen LogP contribution in [-0.2, 0) is 0 Å². The van der Waals surface area contributed by atoms with E-state index in [1.807, 2.05) is 0 Å². The Balaban J connectivity index is 1.66. The summed E-state index contributed by atoms with van der Waals surface area (Å²) in [6, 6.07) is 12.2. The summed E-state index contributed by atoms with van der Waals surface area (Å²) in [4.78, 5) is 16.5. The first kappa shape index (κ1) is 16.0. The molecule has 0 atom stereocenters. The molecular weight excluding hydrogens is 359 g/mol. The molecule has 3 rings (SSSR count). The van der Waals surface area contributed by atoms with Crippen molar-refractivity contribution in [3.63, 3.8) is 0 Å². The number of piperazine rings is 1. The second kappa shape index (κ2) is 6.71. The SMILES string of the molecule is Cc1ccc(N2CCN(C(=O)c3cccc(F)c3)CC2)cc1Br. The molecule has 0 bridgehead atoms. The maximum atomic E-state index is 13.3. The normalized spacial score (nSPS) is 14.9. The van der Waals surface area contributed by atoms with Crippen molar-refractivity contribution in [2.45, 2.75) is 6.92 Å². The summed E-state index contributed by atoms with van der Waals surface area (Å²) in [7, 11) is 0. The Bertz CT molecular complexity index is 727. The van der Waals surface area contributed by atoms with E-state index in [9.17, 15) is 9.18 Å². The molecule has 0 spiro atoms. The maximum Gasteiger partial charge on any atom is 0.254 e. The van der Waals surface area contributed by atoms with Gasteiger partial charge in [0.15, 0.2) is 0 Å². The number of nitrogens with zero attached hydrogens (tertiary/aromatic N) is 2. The molecule has 2 aromatic rings. The van der Waals surface area contributed by atoms with E-state index in [2.05, 4.69) is 46.0 Å². The summed E-state index contributed by atoms with van der Waals surface area (Å²) >= 11 is 3.56. The Morgan fingerprint density at radius 3 is 2.48 bits per heavy atom. The van der Waals surface area contributed by atoms with Gasteiger partial charge in [0.1, 0.15) is 5.82 Å². The zero-order valence-electron chi connectivity index (χ0n) is 12.9. The molecule has 1 saturated heterocycles. The van der Waals surface area contributed by atoms with Crippen LogP contribution in [0, 0.1) is 12.7 Å². The molecule has 23 heavy (non-hydrogen) atoms. The molecule has 2 aromatic carbocycles. The Kier molecular flexibility index (Phi) is 4.66. The standard InChI is InChI=1S/C18H18BrFN2O/c1-13-5-6-16(12-17(13)19)21-7-9-22(10-8-21)18(23)14-3-2-4-15(20)11-14/h2-6,11-12H,7-10H2,1H3. The van der Waals surface area contributed by atoms with Crippen molar-refractivity contribution in [3.8, 4) is 0 Å². The third-order valence-corrected chi connectivity index (χ3v) is 5.01. The van der Waals surface area contributed by atoms with E-state index in [-0.39, 0.29) is 11.7 Å². The highest BCUT2D eigenvalue weighted by Crippen LogP contribution is 2.24. The highest BCUT2D eigenvalue weighted by molar-refractivity contribution is 9.10. The van der Waals surface area contributed by atoms with Crippen LogP contribution < -0.4 is 4.90 Å². The number of benzene rings is 2. The third kappa shape index (κ3) is 3.55. The predicted molar refractivity (Wildman–Crippen MR) is 93.4 cm³/mol. The fourth-order valence-corrected chi connectivity index (χ4v) is 3.12. The number of carbonyl (C=O) groups is 1. The van der Waals surface area contributed by atoms with Gasteiger partial charge in [-0.2, -0.15) is 0 Å². The highest BCUT2D eigenvalue weighted by atomic mass is 79.9. The molecule has 0 saturated carbocycles. The van der Waals surface area contributed by atoms with Crippen molar-refractivity contribution >= 4 is 27.5 Å². The van der Waals surface area contributed by atoms with Crippen molar-refractivity contribution in [2.24, 2.45) is 0 Å². The quantitative estimate of drug-likeness (QED) is 0.794. The highest BCUT2D eigenvalue weighted by Gasteiger charge is 2.22. The summed E-state index contributed by atoms with van der Waals surface area (Å²) in [6.07, 6.45) is 0. The summed E-state index contributed by atoms with van der Waals surface area (Å²) in [5.41, 5.74) is 2.77. The lowest BCUT2D eigenvalue weighted by Gasteiger charge is -2.36. The van der Waals surface area contributed by atoms with Gasteiger partial charge in [-0.1, -0.05) is 28.1 Å². The summed E-state index contributed by atoms with van der Waals surface area (Å²) in [6.45, 7) is 4.89. The van der Waals surface area contributed by atoms with E-state index in [1.54, 1.807) is 17.0 Å². The number of rotatable bonds is 2. The van der Waals surface area contributed by atoms with Gasteiger partial charge in [0.05, 0.1) is 0 Å². The van der Waals surface area contributed by atoms with Crippen molar-refractivity contribution in [1.29, 1.82) is 0 Å². The molecule has 0 radical (unpaired) electrons. The molecular formula is C18H18BrFN2O. The number of halogens is 2. The number of hydrogen-bond acceptors (Lipinski definition) is 2. The topological polar surface area (TPSA) is 23.6 Å². The van der Waals surface area contributed by atoms with E-state index >= 15 is 0 Å². The molecule has 120 valence electrons. The van der Waals surface area contributed by atoms with Gasteiger partial charge in [-0.3, -0.25) is 4.79 Å². The Morgan fingerprint density at radius 1 is 1.09 bits per heavy atom. The number of hydrogen-bond donors (Lipinski definition) is 0. The minimum Gasteiger partial charge on any atom is -0.368 e. The minimum atomic E-state index is -0.376. The third-order valence-electron chi connectivity index (χ3n) is 4.16. The molecule has 1 heterocycles. The molecule has 0 unspecified atom stereocenters. The first-order valence-electron chi connectivity index (χ1n) is 7.60. The van der Waals surface area contributed by atoms with Crippen LogP contribution >= 0.6 is 15.9 Å². The van der Waals surface area contributed by atoms with Crippen LogP contribution in [0.15, 0.2) is 46.9 Å². The van der Waals surface area contributed by atoms with Gasteiger partial charge in [-0.15, -0.1) is 0 Å². The van der Waals surface area contributed by atoms with E-state index in [1.165, 1.54) is 17.7 Å². The van der Waals surface area contributed by atoms with Gasteiger partial charge >= 0.3 is 0 Å². The first-order chi connectivity index (χ1) is 11.0. The minimum absolute atomic E-state index is 0.103. The molecule has 1 aliphatic heterocycles. The lowest BCUT2D eigenvalue weighted by Crippen LogP contribution is -2.48. The van der Waals surface area contributed by atoms with Gasteiger partial charge in [-0.25, -0.2) is 4.39 Å². The van der Waals surface area contributed by atoms with Crippen molar-refractivity contribution in [1.82, 2.24) is 4.90 Å². The van der Waals surface area contributed by atoms with E-state index in [0.29, 0.717) is 18.7 Å². The lowest BCUT2D eigenvalue weighted by atomic mass is 10.1.